The SMILES string of the molecule is CNC(=O)CN(C)C(=O)COC(=O)[C@@H](NC(=O)c1ccc(F)cc1)C(C)C. The maximum absolute atomic E-state index is 12.9. The second-order valence-corrected chi connectivity index (χ2v) is 6.23. The van der Waals surface area contributed by atoms with Crippen molar-refractivity contribution in [3.63, 3.8) is 0 Å². The summed E-state index contributed by atoms with van der Waals surface area (Å²) >= 11 is 0. The van der Waals surface area contributed by atoms with Crippen molar-refractivity contribution in [3.8, 4) is 0 Å². The Hall–Kier alpha value is -2.97. The van der Waals surface area contributed by atoms with Crippen molar-refractivity contribution in [2.24, 2.45) is 5.92 Å². The summed E-state index contributed by atoms with van der Waals surface area (Å²) in [5, 5.41) is 4.90. The molecule has 0 unspecified atom stereocenters. The quantitative estimate of drug-likeness (QED) is 0.632. The van der Waals surface area contributed by atoms with Gasteiger partial charge in [0.05, 0.1) is 6.54 Å². The number of nitrogens with zero attached hydrogens (tertiary/aromatic N) is 1. The Morgan fingerprint density at radius 1 is 1.15 bits per heavy atom. The minimum atomic E-state index is -0.986. The molecule has 1 atom stereocenters. The molecule has 0 saturated carbocycles. The third-order valence-corrected chi connectivity index (χ3v) is 3.74. The molecule has 0 bridgehead atoms. The van der Waals surface area contributed by atoms with Crippen LogP contribution in [0.15, 0.2) is 24.3 Å². The normalized spacial score (nSPS) is 11.5. The third kappa shape index (κ3) is 7.04. The molecule has 0 fully saturated rings. The highest BCUT2D eigenvalue weighted by atomic mass is 19.1. The van der Waals surface area contributed by atoms with Gasteiger partial charge in [-0.15, -0.1) is 0 Å². The molecule has 0 aromatic heterocycles. The molecule has 0 aliphatic carbocycles. The van der Waals surface area contributed by atoms with Crippen LogP contribution in [0, 0.1) is 11.7 Å². The molecule has 148 valence electrons. The number of likely N-dealkylation sites (N-methyl/N-ethyl adjacent to an activating group) is 2. The summed E-state index contributed by atoms with van der Waals surface area (Å²) in [5.41, 5.74) is 0.191. The number of rotatable bonds is 8. The van der Waals surface area contributed by atoms with E-state index in [4.69, 9.17) is 4.74 Å². The van der Waals surface area contributed by atoms with Crippen LogP contribution in [0.1, 0.15) is 24.2 Å². The van der Waals surface area contributed by atoms with Gasteiger partial charge >= 0.3 is 5.97 Å². The first-order valence-electron chi connectivity index (χ1n) is 8.33. The van der Waals surface area contributed by atoms with Crippen molar-refractivity contribution < 1.29 is 28.3 Å². The number of amides is 3. The van der Waals surface area contributed by atoms with Gasteiger partial charge in [-0.1, -0.05) is 13.8 Å². The average Bonchev–Trinajstić information content (AvgIpc) is 2.63. The van der Waals surface area contributed by atoms with E-state index in [-0.39, 0.29) is 23.9 Å². The molecular formula is C18H24FN3O5. The maximum Gasteiger partial charge on any atom is 0.329 e. The Balaban J connectivity index is 2.65. The second-order valence-electron chi connectivity index (χ2n) is 6.23. The van der Waals surface area contributed by atoms with E-state index in [1.165, 1.54) is 26.2 Å². The van der Waals surface area contributed by atoms with Crippen LogP contribution in [0.2, 0.25) is 0 Å². The van der Waals surface area contributed by atoms with E-state index in [1.807, 2.05) is 0 Å². The van der Waals surface area contributed by atoms with Crippen molar-refractivity contribution in [2.75, 3.05) is 27.2 Å². The van der Waals surface area contributed by atoms with Crippen LogP contribution < -0.4 is 10.6 Å². The molecule has 3 amide bonds. The topological polar surface area (TPSA) is 105 Å². The van der Waals surface area contributed by atoms with Gasteiger partial charge in [-0.3, -0.25) is 14.4 Å². The number of ether oxygens (including phenoxy) is 1. The minimum absolute atomic E-state index is 0.165. The predicted octanol–water partition coefficient (Wildman–Crippen LogP) is 0.328. The van der Waals surface area contributed by atoms with E-state index < -0.39 is 36.2 Å². The largest absolute Gasteiger partial charge is 0.454 e. The lowest BCUT2D eigenvalue weighted by Gasteiger charge is -2.22. The monoisotopic (exact) mass is 381 g/mol. The van der Waals surface area contributed by atoms with Crippen LogP contribution in [0.3, 0.4) is 0 Å². The van der Waals surface area contributed by atoms with Crippen molar-refractivity contribution in [2.45, 2.75) is 19.9 Å². The fourth-order valence-electron chi connectivity index (χ4n) is 2.04. The zero-order chi connectivity index (χ0) is 20.6. The summed E-state index contributed by atoms with van der Waals surface area (Å²) in [6, 6.07) is 3.88. The lowest BCUT2D eigenvalue weighted by molar-refractivity contribution is -0.154. The Bertz CT molecular complexity index is 691. The van der Waals surface area contributed by atoms with E-state index in [2.05, 4.69) is 10.6 Å². The van der Waals surface area contributed by atoms with Crippen LogP contribution in [-0.2, 0) is 19.1 Å². The molecule has 1 rings (SSSR count). The fraction of sp³-hybridized carbons (Fsp3) is 0.444. The van der Waals surface area contributed by atoms with Crippen molar-refractivity contribution in [1.29, 1.82) is 0 Å². The lowest BCUT2D eigenvalue weighted by Crippen LogP contribution is -2.46. The molecule has 1 aromatic carbocycles. The van der Waals surface area contributed by atoms with Crippen molar-refractivity contribution in [1.82, 2.24) is 15.5 Å². The number of hydrogen-bond acceptors (Lipinski definition) is 5. The van der Waals surface area contributed by atoms with Gasteiger partial charge in [-0.2, -0.15) is 0 Å². The number of nitrogens with one attached hydrogen (secondary N) is 2. The van der Waals surface area contributed by atoms with Crippen molar-refractivity contribution in [3.05, 3.63) is 35.6 Å². The van der Waals surface area contributed by atoms with Crippen LogP contribution >= 0.6 is 0 Å². The minimum Gasteiger partial charge on any atom is -0.454 e. The van der Waals surface area contributed by atoms with Gasteiger partial charge in [0.1, 0.15) is 11.9 Å². The number of benzene rings is 1. The van der Waals surface area contributed by atoms with Gasteiger partial charge in [0.25, 0.3) is 11.8 Å². The summed E-state index contributed by atoms with van der Waals surface area (Å²) < 4.78 is 17.9. The van der Waals surface area contributed by atoms with Crippen LogP contribution in [0.4, 0.5) is 4.39 Å². The highest BCUT2D eigenvalue weighted by molar-refractivity contribution is 5.97. The van der Waals surface area contributed by atoms with Crippen LogP contribution in [-0.4, -0.2) is 61.9 Å². The summed E-state index contributed by atoms with van der Waals surface area (Å²) in [5.74, 6) is -3.04. The molecule has 9 heteroatoms. The molecule has 8 nitrogen and oxygen atoms in total. The van der Waals surface area contributed by atoms with E-state index >= 15 is 0 Å². The summed E-state index contributed by atoms with van der Waals surface area (Å²) in [6.45, 7) is 2.69. The molecule has 0 heterocycles. The van der Waals surface area contributed by atoms with E-state index in [0.29, 0.717) is 0 Å². The molecule has 1 aromatic rings. The standard InChI is InChI=1S/C18H24FN3O5/c1-11(2)16(21-17(25)12-5-7-13(19)8-6-12)18(26)27-10-15(24)22(4)9-14(23)20-3/h5-8,11,16H,9-10H2,1-4H3,(H,20,23)(H,21,25)/t16-/m0/s1. The summed E-state index contributed by atoms with van der Waals surface area (Å²) in [6.07, 6.45) is 0. The molecule has 0 radical (unpaired) electrons. The second kappa shape index (κ2) is 10.2. The zero-order valence-corrected chi connectivity index (χ0v) is 15.7. The van der Waals surface area contributed by atoms with Gasteiger partial charge in [-0.25, -0.2) is 9.18 Å². The van der Waals surface area contributed by atoms with Gasteiger partial charge in [0, 0.05) is 19.7 Å². The Morgan fingerprint density at radius 3 is 2.26 bits per heavy atom. The van der Waals surface area contributed by atoms with Crippen LogP contribution in [0.25, 0.3) is 0 Å². The first kappa shape index (κ1) is 22.1. The van der Waals surface area contributed by atoms with E-state index in [9.17, 15) is 23.6 Å². The Morgan fingerprint density at radius 2 is 1.74 bits per heavy atom. The number of hydrogen-bond donors (Lipinski definition) is 2. The molecule has 0 saturated heterocycles. The lowest BCUT2D eigenvalue weighted by atomic mass is 10.0. The third-order valence-electron chi connectivity index (χ3n) is 3.74. The zero-order valence-electron chi connectivity index (χ0n) is 15.7. The number of halogens is 1. The van der Waals surface area contributed by atoms with E-state index in [1.54, 1.807) is 13.8 Å². The highest BCUT2D eigenvalue weighted by Gasteiger charge is 2.27. The Labute approximate surface area is 157 Å². The Kier molecular flexibility index (Phi) is 8.37. The van der Waals surface area contributed by atoms with Crippen LogP contribution in [0.5, 0.6) is 0 Å². The molecule has 0 aliphatic rings. The molecule has 0 aliphatic heterocycles. The van der Waals surface area contributed by atoms with Gasteiger partial charge in [0.15, 0.2) is 6.61 Å². The highest BCUT2D eigenvalue weighted by Crippen LogP contribution is 2.08. The molecular weight excluding hydrogens is 357 g/mol. The number of carbonyl (C=O) groups excluding carboxylic acids is 4. The van der Waals surface area contributed by atoms with Crippen molar-refractivity contribution >= 4 is 23.7 Å². The van der Waals surface area contributed by atoms with Gasteiger partial charge in [0.2, 0.25) is 5.91 Å². The van der Waals surface area contributed by atoms with Gasteiger partial charge < -0.3 is 20.3 Å². The first-order chi connectivity index (χ1) is 12.6. The fourth-order valence-corrected chi connectivity index (χ4v) is 2.04. The maximum atomic E-state index is 12.9. The molecule has 27 heavy (non-hydrogen) atoms. The first-order valence-corrected chi connectivity index (χ1v) is 8.33. The predicted molar refractivity (Wildman–Crippen MR) is 95.2 cm³/mol. The molecule has 2 N–H and O–H groups in total. The summed E-state index contributed by atoms with van der Waals surface area (Å²) in [7, 11) is 2.85. The van der Waals surface area contributed by atoms with Gasteiger partial charge in [-0.05, 0) is 30.2 Å². The number of esters is 1. The van der Waals surface area contributed by atoms with E-state index in [0.717, 1.165) is 17.0 Å². The molecule has 0 spiro atoms. The number of carbonyl (C=O) groups is 4. The smallest absolute Gasteiger partial charge is 0.329 e. The average molecular weight is 381 g/mol. The summed E-state index contributed by atoms with van der Waals surface area (Å²) in [4.78, 5) is 48.8.